The first-order valence-electron chi connectivity index (χ1n) is 16.7. The van der Waals surface area contributed by atoms with Gasteiger partial charge in [-0.2, -0.15) is 0 Å². The van der Waals surface area contributed by atoms with Crippen LogP contribution in [0.5, 0.6) is 11.5 Å². The van der Waals surface area contributed by atoms with Crippen molar-refractivity contribution in [3.63, 3.8) is 0 Å². The van der Waals surface area contributed by atoms with Crippen LogP contribution < -0.4 is 31.1 Å². The first-order valence-corrected chi connectivity index (χ1v) is 16.7. The van der Waals surface area contributed by atoms with Gasteiger partial charge in [0.05, 0.1) is 41.8 Å². The molecule has 3 aromatic carbocycles. The van der Waals surface area contributed by atoms with Crippen molar-refractivity contribution < 1.29 is 23.2 Å². The molecule has 0 radical (unpaired) electrons. The van der Waals surface area contributed by atoms with Crippen LogP contribution in [0.15, 0.2) is 141 Å². The quantitative estimate of drug-likeness (QED) is 0.160. The zero-order valence-corrected chi connectivity index (χ0v) is 28.9. The Labute approximate surface area is 298 Å². The van der Waals surface area contributed by atoms with E-state index < -0.39 is 4.92 Å². The van der Waals surface area contributed by atoms with Gasteiger partial charge in [0.2, 0.25) is 0 Å². The molecule has 8 bridgehead atoms. The van der Waals surface area contributed by atoms with Gasteiger partial charge in [-0.3, -0.25) is 10.1 Å². The summed E-state index contributed by atoms with van der Waals surface area (Å²) in [6.07, 6.45) is 3.94. The van der Waals surface area contributed by atoms with Crippen molar-refractivity contribution in [2.45, 2.75) is 13.8 Å². The van der Waals surface area contributed by atoms with Crippen molar-refractivity contribution in [3.05, 3.63) is 187 Å². The zero-order chi connectivity index (χ0) is 35.9. The average molecular weight is 688 g/mol. The summed E-state index contributed by atoms with van der Waals surface area (Å²) in [7, 11) is 3.28. The summed E-state index contributed by atoms with van der Waals surface area (Å²) >= 11 is 0. The number of nitro benzene ring substituents is 1. The monoisotopic (exact) mass is 687 g/mol. The largest absolute Gasteiger partial charge is 0.497 e. The topological polar surface area (TPSA) is 116 Å². The van der Waals surface area contributed by atoms with E-state index in [2.05, 4.69) is 4.98 Å². The maximum atomic E-state index is 11.6. The Hall–Kier alpha value is -6.87. The zero-order valence-electron chi connectivity index (χ0n) is 28.9. The fraction of sp³-hybridized carbons (Fsp3) is 0.0930. The maximum Gasteiger partial charge on any atom is 0.269 e. The molecule has 8 rings (SSSR count). The van der Waals surface area contributed by atoms with Crippen molar-refractivity contribution in [1.82, 2.24) is 4.98 Å². The van der Waals surface area contributed by atoms with E-state index in [4.69, 9.17) is 23.3 Å². The number of nitro groups is 1. The average Bonchev–Trinajstić information content (AvgIpc) is 4.02. The molecule has 0 atom stereocenters. The molecule has 2 aliphatic rings. The fourth-order valence-electron chi connectivity index (χ4n) is 6.60. The SMILES string of the molecule is COc1ccc(/C2=c3\cc/c(o3)=C(C)/C(C)=c3/cc/c(o3)=C(\c3ccc(OC)cc3)c3ccc([nH]3)/C(c3ccc([N+](=O)[O-])cc3)=C3/C=CC2=N3)cc1. The number of hydrogen-bond donors (Lipinski definition) is 1. The summed E-state index contributed by atoms with van der Waals surface area (Å²) in [6, 6.07) is 34.1. The van der Waals surface area contributed by atoms with Gasteiger partial charge in [0, 0.05) is 29.0 Å². The maximum absolute atomic E-state index is 11.6. The molecule has 0 amide bonds. The number of ether oxygens (including phenoxy) is 2. The third kappa shape index (κ3) is 5.78. The first kappa shape index (κ1) is 32.3. The number of aromatic amines is 1. The number of aliphatic imine (C=N–C) groups is 1. The molecule has 256 valence electrons. The van der Waals surface area contributed by atoms with Crippen LogP contribution in [0.4, 0.5) is 5.69 Å². The van der Waals surface area contributed by atoms with Gasteiger partial charge in [0.15, 0.2) is 0 Å². The highest BCUT2D eigenvalue weighted by molar-refractivity contribution is 6.30. The minimum atomic E-state index is -0.401. The van der Waals surface area contributed by atoms with E-state index in [1.54, 1.807) is 26.4 Å². The lowest BCUT2D eigenvalue weighted by atomic mass is 10.00. The van der Waals surface area contributed by atoms with Crippen LogP contribution in [0.25, 0.3) is 27.9 Å². The Balaban J connectivity index is 1.47. The lowest BCUT2D eigenvalue weighted by Crippen LogP contribution is -2.14. The number of hydrogen-bond acceptors (Lipinski definition) is 7. The van der Waals surface area contributed by atoms with Crippen LogP contribution in [-0.2, 0) is 0 Å². The molecule has 9 nitrogen and oxygen atoms in total. The lowest BCUT2D eigenvalue weighted by molar-refractivity contribution is -0.384. The van der Waals surface area contributed by atoms with Crippen molar-refractivity contribution in [3.8, 4) is 11.5 Å². The molecular weight excluding hydrogens is 654 g/mol. The third-order valence-corrected chi connectivity index (χ3v) is 9.51. The number of H-pyrrole nitrogens is 1. The summed E-state index contributed by atoms with van der Waals surface area (Å²) in [4.78, 5) is 20.0. The predicted molar refractivity (Wildman–Crippen MR) is 201 cm³/mol. The molecule has 5 heterocycles. The van der Waals surface area contributed by atoms with Gasteiger partial charge in [0.1, 0.15) is 33.2 Å². The number of non-ortho nitro benzene ring substituents is 1. The summed E-state index contributed by atoms with van der Waals surface area (Å²) in [5, 5.41) is 11.6. The minimum Gasteiger partial charge on any atom is -0.497 e. The van der Waals surface area contributed by atoms with Gasteiger partial charge in [-0.05, 0) is 127 Å². The molecule has 0 aliphatic carbocycles. The van der Waals surface area contributed by atoms with Gasteiger partial charge >= 0.3 is 0 Å². The van der Waals surface area contributed by atoms with Crippen molar-refractivity contribution in [2.75, 3.05) is 14.2 Å². The number of aromatic nitrogens is 1. The highest BCUT2D eigenvalue weighted by atomic mass is 16.6. The smallest absolute Gasteiger partial charge is 0.269 e. The second-order valence-electron chi connectivity index (χ2n) is 12.5. The molecule has 1 N–H and O–H groups in total. The Morgan fingerprint density at radius 2 is 1.04 bits per heavy atom. The third-order valence-electron chi connectivity index (χ3n) is 9.51. The Bertz CT molecular complexity index is 2720. The van der Waals surface area contributed by atoms with E-state index in [0.717, 1.165) is 67.4 Å². The van der Waals surface area contributed by atoms with Crippen molar-refractivity contribution >= 4 is 39.3 Å². The van der Waals surface area contributed by atoms with E-state index in [1.165, 1.54) is 12.1 Å². The first-order chi connectivity index (χ1) is 25.3. The Morgan fingerprint density at radius 3 is 1.58 bits per heavy atom. The normalized spacial score (nSPS) is 19.7. The van der Waals surface area contributed by atoms with E-state index in [0.29, 0.717) is 33.1 Å². The molecule has 0 saturated heterocycles. The van der Waals surface area contributed by atoms with Crippen molar-refractivity contribution in [2.24, 2.45) is 4.99 Å². The second-order valence-corrected chi connectivity index (χ2v) is 12.5. The van der Waals surface area contributed by atoms with Gasteiger partial charge in [-0.1, -0.05) is 24.3 Å². The van der Waals surface area contributed by atoms with Gasteiger partial charge in [-0.25, -0.2) is 4.99 Å². The Kier molecular flexibility index (Phi) is 8.15. The van der Waals surface area contributed by atoms with Gasteiger partial charge in [0.25, 0.3) is 5.69 Å². The van der Waals surface area contributed by atoms with Crippen LogP contribution in [0.3, 0.4) is 0 Å². The molecule has 0 saturated carbocycles. The number of nitrogens with one attached hydrogen (secondary N) is 1. The van der Waals surface area contributed by atoms with Crippen LogP contribution in [0.1, 0.15) is 41.9 Å². The number of rotatable bonds is 6. The van der Waals surface area contributed by atoms with Gasteiger partial charge in [-0.15, -0.1) is 0 Å². The van der Waals surface area contributed by atoms with Crippen LogP contribution in [-0.4, -0.2) is 29.8 Å². The number of methoxy groups -OCH3 is 2. The summed E-state index contributed by atoms with van der Waals surface area (Å²) < 4.78 is 24.1. The molecule has 52 heavy (non-hydrogen) atoms. The van der Waals surface area contributed by atoms with Crippen LogP contribution >= 0.6 is 0 Å². The molecular formula is C43H33N3O6. The van der Waals surface area contributed by atoms with Crippen LogP contribution in [0, 0.1) is 10.1 Å². The molecule has 0 unspecified atom stereocenters. The van der Waals surface area contributed by atoms with E-state index in [9.17, 15) is 10.1 Å². The predicted octanol–water partition coefficient (Wildman–Crippen LogP) is 6.40. The number of furan rings is 2. The molecule has 9 heteroatoms. The van der Waals surface area contributed by atoms with Gasteiger partial charge < -0.3 is 23.3 Å². The summed E-state index contributed by atoms with van der Waals surface area (Å²) in [5.41, 5.74) is 12.6. The standard InChI is InChI=1S/C43H33N3O6/c1-25-26(2)38-22-24-40(52-38)43(29-9-15-32(50-4)16-10-29)36-20-18-34(45-36)41(27-5-11-30(12-6-27)46(47)48)33-17-19-35(44-33)42(39-23-21-37(25)51-39)28-7-13-31(49-3)14-8-28/h5-24,44H,1-4H3/b26-25?,37-25-,38-26-,41-33?,41-34-,42-35?,42-39-,43-36?,43-40-. The highest BCUT2D eigenvalue weighted by Crippen LogP contribution is 2.34. The van der Waals surface area contributed by atoms with E-state index >= 15 is 0 Å². The number of allylic oxidation sites excluding steroid dienone is 2. The molecule has 0 spiro atoms. The number of nitrogens with zero attached hydrogens (tertiary/aromatic N) is 2. The molecule has 3 aromatic heterocycles. The van der Waals surface area contributed by atoms with Crippen LogP contribution in [0.2, 0.25) is 0 Å². The number of fused-ring (bicyclic) bond motifs is 7. The second kappa shape index (κ2) is 13.1. The fourth-order valence-corrected chi connectivity index (χ4v) is 6.60. The van der Waals surface area contributed by atoms with E-state index in [1.807, 2.05) is 111 Å². The van der Waals surface area contributed by atoms with Crippen molar-refractivity contribution in [1.29, 1.82) is 0 Å². The molecule has 2 aliphatic heterocycles. The lowest BCUT2D eigenvalue weighted by Gasteiger charge is -2.10. The minimum absolute atomic E-state index is 0.00337. The molecule has 6 aromatic rings. The molecule has 0 fully saturated rings. The summed E-state index contributed by atoms with van der Waals surface area (Å²) in [6.45, 7) is 4.05. The number of benzene rings is 3. The Morgan fingerprint density at radius 1 is 0.577 bits per heavy atom. The summed E-state index contributed by atoms with van der Waals surface area (Å²) in [5.74, 6) is 1.48. The van der Waals surface area contributed by atoms with E-state index in [-0.39, 0.29) is 5.69 Å². The highest BCUT2D eigenvalue weighted by Gasteiger charge is 2.22.